The highest BCUT2D eigenvalue weighted by Gasteiger charge is 2.28. The van der Waals surface area contributed by atoms with Gasteiger partial charge in [-0.2, -0.15) is 0 Å². The van der Waals surface area contributed by atoms with Crippen LogP contribution in [0.5, 0.6) is 0 Å². The molecule has 2 atom stereocenters. The van der Waals surface area contributed by atoms with Crippen LogP contribution >= 0.6 is 0 Å². The Morgan fingerprint density at radius 2 is 2.07 bits per heavy atom. The maximum absolute atomic E-state index is 11.3. The third-order valence-electron chi connectivity index (χ3n) is 2.68. The van der Waals surface area contributed by atoms with E-state index in [4.69, 9.17) is 5.11 Å². The third-order valence-corrected chi connectivity index (χ3v) is 2.68. The number of carboxylic acid groups (broad SMARTS) is 1. The topological polar surface area (TPSA) is 78.4 Å². The zero-order valence-corrected chi connectivity index (χ0v) is 9.12. The van der Waals surface area contributed by atoms with Crippen molar-refractivity contribution in [3.63, 3.8) is 0 Å². The SMILES string of the molecule is CC[C@H](C)[C@H](NC(=O)NC1CC1)C(=O)O. The molecule has 0 spiro atoms. The summed E-state index contributed by atoms with van der Waals surface area (Å²) in [5.74, 6) is -1.04. The molecule has 1 rings (SSSR count). The molecule has 0 saturated heterocycles. The first-order valence-corrected chi connectivity index (χ1v) is 5.34. The van der Waals surface area contributed by atoms with E-state index >= 15 is 0 Å². The minimum atomic E-state index is -0.977. The van der Waals surface area contributed by atoms with Gasteiger partial charge in [-0.05, 0) is 18.8 Å². The Hall–Kier alpha value is -1.26. The normalized spacial score (nSPS) is 19.1. The van der Waals surface area contributed by atoms with E-state index in [0.29, 0.717) is 0 Å². The van der Waals surface area contributed by atoms with Crippen molar-refractivity contribution < 1.29 is 14.7 Å². The summed E-state index contributed by atoms with van der Waals surface area (Å²) < 4.78 is 0. The highest BCUT2D eigenvalue weighted by atomic mass is 16.4. The molecule has 0 aromatic heterocycles. The number of hydrogen-bond donors (Lipinski definition) is 3. The number of carbonyl (C=O) groups excluding carboxylic acids is 1. The van der Waals surface area contributed by atoms with Crippen LogP contribution in [0.2, 0.25) is 0 Å². The van der Waals surface area contributed by atoms with Gasteiger partial charge in [0.1, 0.15) is 6.04 Å². The fourth-order valence-electron chi connectivity index (χ4n) is 1.28. The quantitative estimate of drug-likeness (QED) is 0.637. The van der Waals surface area contributed by atoms with Gasteiger partial charge in [0.25, 0.3) is 0 Å². The molecule has 0 aliphatic heterocycles. The van der Waals surface area contributed by atoms with Crippen LogP contribution < -0.4 is 10.6 Å². The van der Waals surface area contributed by atoms with Gasteiger partial charge in [0.15, 0.2) is 0 Å². The summed E-state index contributed by atoms with van der Waals surface area (Å²) in [6, 6.07) is -0.921. The number of carbonyl (C=O) groups is 2. The van der Waals surface area contributed by atoms with Crippen molar-refractivity contribution in [1.29, 1.82) is 0 Å². The van der Waals surface area contributed by atoms with Gasteiger partial charge in [-0.15, -0.1) is 0 Å². The van der Waals surface area contributed by atoms with Gasteiger partial charge >= 0.3 is 12.0 Å². The molecule has 0 heterocycles. The van der Waals surface area contributed by atoms with E-state index in [9.17, 15) is 9.59 Å². The summed E-state index contributed by atoms with van der Waals surface area (Å²) in [6.45, 7) is 3.72. The van der Waals surface area contributed by atoms with E-state index in [1.165, 1.54) is 0 Å². The van der Waals surface area contributed by atoms with Gasteiger partial charge in [0, 0.05) is 6.04 Å². The lowest BCUT2D eigenvalue weighted by Gasteiger charge is -2.20. The highest BCUT2D eigenvalue weighted by molar-refractivity contribution is 5.83. The van der Waals surface area contributed by atoms with Gasteiger partial charge in [-0.25, -0.2) is 9.59 Å². The van der Waals surface area contributed by atoms with Crippen molar-refractivity contribution in [3.8, 4) is 0 Å². The van der Waals surface area contributed by atoms with Crippen LogP contribution in [0, 0.1) is 5.92 Å². The minimum absolute atomic E-state index is 0.0625. The molecular formula is C10H18N2O3. The van der Waals surface area contributed by atoms with Crippen LogP contribution in [0.1, 0.15) is 33.1 Å². The lowest BCUT2D eigenvalue weighted by Crippen LogP contribution is -2.49. The molecule has 86 valence electrons. The molecule has 0 bridgehead atoms. The lowest BCUT2D eigenvalue weighted by atomic mass is 9.99. The fraction of sp³-hybridized carbons (Fsp3) is 0.800. The Balaban J connectivity index is 2.41. The molecular weight excluding hydrogens is 196 g/mol. The molecule has 0 unspecified atom stereocenters. The molecule has 3 N–H and O–H groups in total. The maximum Gasteiger partial charge on any atom is 0.326 e. The molecule has 0 aromatic carbocycles. The van der Waals surface area contributed by atoms with Crippen LogP contribution in [-0.4, -0.2) is 29.2 Å². The number of hydrogen-bond acceptors (Lipinski definition) is 2. The van der Waals surface area contributed by atoms with E-state index in [-0.39, 0.29) is 18.0 Å². The van der Waals surface area contributed by atoms with Gasteiger partial charge in [-0.3, -0.25) is 0 Å². The molecule has 15 heavy (non-hydrogen) atoms. The van der Waals surface area contributed by atoms with E-state index in [2.05, 4.69) is 10.6 Å². The van der Waals surface area contributed by atoms with Crippen LogP contribution in [0.3, 0.4) is 0 Å². The Kier molecular flexibility index (Phi) is 3.94. The lowest BCUT2D eigenvalue weighted by molar-refractivity contribution is -0.140. The number of aliphatic carboxylic acids is 1. The second-order valence-electron chi connectivity index (χ2n) is 4.09. The molecule has 5 heteroatoms. The van der Waals surface area contributed by atoms with Crippen molar-refractivity contribution >= 4 is 12.0 Å². The summed E-state index contributed by atoms with van der Waals surface area (Å²) >= 11 is 0. The Labute approximate surface area is 89.2 Å². The predicted molar refractivity (Wildman–Crippen MR) is 55.6 cm³/mol. The zero-order valence-electron chi connectivity index (χ0n) is 9.12. The Bertz CT molecular complexity index is 251. The third kappa shape index (κ3) is 3.77. The summed E-state index contributed by atoms with van der Waals surface area (Å²) in [4.78, 5) is 22.2. The van der Waals surface area contributed by atoms with E-state index in [1.807, 2.05) is 13.8 Å². The first kappa shape index (κ1) is 11.8. The molecule has 1 saturated carbocycles. The molecule has 5 nitrogen and oxygen atoms in total. The van der Waals surface area contributed by atoms with Crippen LogP contribution in [0.4, 0.5) is 4.79 Å². The first-order valence-electron chi connectivity index (χ1n) is 5.34. The Morgan fingerprint density at radius 1 is 1.47 bits per heavy atom. The highest BCUT2D eigenvalue weighted by Crippen LogP contribution is 2.18. The molecule has 1 aliphatic carbocycles. The van der Waals surface area contributed by atoms with E-state index in [0.717, 1.165) is 19.3 Å². The summed E-state index contributed by atoms with van der Waals surface area (Å²) in [6.07, 6.45) is 2.71. The Morgan fingerprint density at radius 3 is 2.47 bits per heavy atom. The molecule has 1 aliphatic rings. The summed E-state index contributed by atoms with van der Waals surface area (Å²) in [5, 5.41) is 14.1. The summed E-state index contributed by atoms with van der Waals surface area (Å²) in [5.41, 5.74) is 0. The average molecular weight is 214 g/mol. The van der Waals surface area contributed by atoms with Crippen LogP contribution in [0.25, 0.3) is 0 Å². The number of carboxylic acids is 1. The van der Waals surface area contributed by atoms with Crippen molar-refractivity contribution in [3.05, 3.63) is 0 Å². The van der Waals surface area contributed by atoms with Crippen molar-refractivity contribution in [2.75, 3.05) is 0 Å². The summed E-state index contributed by atoms with van der Waals surface area (Å²) in [7, 11) is 0. The number of rotatable bonds is 5. The van der Waals surface area contributed by atoms with Crippen molar-refractivity contribution in [1.82, 2.24) is 10.6 Å². The number of urea groups is 1. The average Bonchev–Trinajstić information content (AvgIpc) is 2.96. The standard InChI is InChI=1S/C10H18N2O3/c1-3-6(2)8(9(13)14)12-10(15)11-7-4-5-7/h6-8H,3-5H2,1-2H3,(H,13,14)(H2,11,12,15)/t6-,8-/m0/s1. The molecule has 0 radical (unpaired) electrons. The smallest absolute Gasteiger partial charge is 0.326 e. The largest absolute Gasteiger partial charge is 0.480 e. The number of nitrogens with one attached hydrogen (secondary N) is 2. The second-order valence-corrected chi connectivity index (χ2v) is 4.09. The maximum atomic E-state index is 11.3. The van der Waals surface area contributed by atoms with Crippen LogP contribution in [-0.2, 0) is 4.79 Å². The minimum Gasteiger partial charge on any atom is -0.480 e. The van der Waals surface area contributed by atoms with Gasteiger partial charge in [0.2, 0.25) is 0 Å². The molecule has 1 fully saturated rings. The second kappa shape index (κ2) is 5.00. The van der Waals surface area contributed by atoms with E-state index in [1.54, 1.807) is 0 Å². The monoisotopic (exact) mass is 214 g/mol. The predicted octanol–water partition coefficient (Wildman–Crippen LogP) is 0.947. The van der Waals surface area contributed by atoms with Gasteiger partial charge < -0.3 is 15.7 Å². The van der Waals surface area contributed by atoms with Crippen molar-refractivity contribution in [2.24, 2.45) is 5.92 Å². The molecule has 2 amide bonds. The van der Waals surface area contributed by atoms with Gasteiger partial charge in [-0.1, -0.05) is 20.3 Å². The first-order chi connectivity index (χ1) is 7.04. The number of amides is 2. The van der Waals surface area contributed by atoms with Crippen LogP contribution in [0.15, 0.2) is 0 Å². The molecule has 0 aromatic rings. The van der Waals surface area contributed by atoms with Crippen molar-refractivity contribution in [2.45, 2.75) is 45.2 Å². The van der Waals surface area contributed by atoms with Gasteiger partial charge in [0.05, 0.1) is 0 Å². The fourth-order valence-corrected chi connectivity index (χ4v) is 1.28. The zero-order chi connectivity index (χ0) is 11.4. The van der Waals surface area contributed by atoms with E-state index < -0.39 is 12.0 Å².